The largest absolute Gasteiger partial charge is 0.508 e. The maximum absolute atomic E-state index is 12.7. The van der Waals surface area contributed by atoms with E-state index in [-0.39, 0.29) is 22.5 Å². The lowest BCUT2D eigenvalue weighted by Crippen LogP contribution is -2.60. The fourth-order valence-electron chi connectivity index (χ4n) is 3.33. The molecule has 1 aliphatic rings. The van der Waals surface area contributed by atoms with Crippen molar-refractivity contribution in [1.82, 2.24) is 0 Å². The van der Waals surface area contributed by atoms with Gasteiger partial charge in [0.25, 0.3) is 0 Å². The third-order valence-corrected chi connectivity index (χ3v) is 5.02. The third-order valence-electron chi connectivity index (χ3n) is 5.02. The van der Waals surface area contributed by atoms with Crippen LogP contribution < -0.4 is 10.2 Å². The van der Waals surface area contributed by atoms with Gasteiger partial charge in [0.2, 0.25) is 6.29 Å². The molecule has 2 heterocycles. The summed E-state index contributed by atoms with van der Waals surface area (Å²) in [6.45, 7) is -0.556. The minimum absolute atomic E-state index is 0.00639. The van der Waals surface area contributed by atoms with Gasteiger partial charge in [-0.25, -0.2) is 0 Å². The molecular weight excluding hydrogens is 396 g/mol. The topological polar surface area (TPSA) is 150 Å². The highest BCUT2D eigenvalue weighted by atomic mass is 16.7. The molecule has 2 aromatic carbocycles. The molecule has 5 atom stereocenters. The lowest BCUT2D eigenvalue weighted by atomic mass is 9.99. The van der Waals surface area contributed by atoms with E-state index in [2.05, 4.69) is 0 Å². The predicted molar refractivity (Wildman–Crippen MR) is 104 cm³/mol. The van der Waals surface area contributed by atoms with Crippen LogP contribution in [0, 0.1) is 0 Å². The number of rotatable bonds is 4. The fourth-order valence-corrected chi connectivity index (χ4v) is 3.33. The summed E-state index contributed by atoms with van der Waals surface area (Å²) < 4.78 is 16.3. The van der Waals surface area contributed by atoms with Crippen molar-refractivity contribution in [3.05, 3.63) is 59.0 Å². The Balaban J connectivity index is 1.56. The Kier molecular flexibility index (Phi) is 5.46. The van der Waals surface area contributed by atoms with Gasteiger partial charge in [-0.05, 0) is 29.8 Å². The molecule has 0 radical (unpaired) electrons. The van der Waals surface area contributed by atoms with Gasteiger partial charge in [-0.1, -0.05) is 12.1 Å². The molecule has 0 bridgehead atoms. The number of fused-ring (bicyclic) bond motifs is 1. The summed E-state index contributed by atoms with van der Waals surface area (Å²) in [5.41, 5.74) is 0.873. The summed E-state index contributed by atoms with van der Waals surface area (Å²) in [6.07, 6.45) is -5.61. The minimum atomic E-state index is -1.54. The Hall–Kier alpha value is -2.95. The van der Waals surface area contributed by atoms with Gasteiger partial charge in [0.1, 0.15) is 47.8 Å². The molecule has 158 valence electrons. The number of phenolic OH excluding ortho intramolecular Hbond substituents is 1. The molecule has 0 spiro atoms. The molecule has 9 heteroatoms. The molecule has 0 saturated carbocycles. The Morgan fingerprint density at radius 1 is 0.967 bits per heavy atom. The molecule has 1 saturated heterocycles. The summed E-state index contributed by atoms with van der Waals surface area (Å²) in [4.78, 5) is 12.7. The van der Waals surface area contributed by atoms with Crippen molar-refractivity contribution < 1.29 is 39.4 Å². The molecule has 30 heavy (non-hydrogen) atoms. The number of benzene rings is 2. The molecule has 1 aliphatic heterocycles. The van der Waals surface area contributed by atoms with Gasteiger partial charge in [0.15, 0.2) is 5.43 Å². The number of phenols is 1. The second-order valence-corrected chi connectivity index (χ2v) is 7.00. The maximum atomic E-state index is 12.7. The van der Waals surface area contributed by atoms with E-state index in [1.54, 1.807) is 12.1 Å². The van der Waals surface area contributed by atoms with E-state index in [9.17, 15) is 30.3 Å². The van der Waals surface area contributed by atoms with Crippen molar-refractivity contribution in [2.75, 3.05) is 6.61 Å². The first kappa shape index (κ1) is 20.3. The number of ether oxygens (including phenoxy) is 2. The number of hydrogen-bond donors (Lipinski definition) is 5. The van der Waals surface area contributed by atoms with Crippen LogP contribution in [0.25, 0.3) is 22.1 Å². The first-order valence-corrected chi connectivity index (χ1v) is 9.21. The van der Waals surface area contributed by atoms with Crippen molar-refractivity contribution in [3.63, 3.8) is 0 Å². The summed E-state index contributed by atoms with van der Waals surface area (Å²) in [5, 5.41) is 48.8. The van der Waals surface area contributed by atoms with E-state index in [1.165, 1.54) is 36.6 Å². The van der Waals surface area contributed by atoms with Crippen LogP contribution in [0.4, 0.5) is 0 Å². The number of aliphatic hydroxyl groups is 4. The van der Waals surface area contributed by atoms with Crippen LogP contribution >= 0.6 is 0 Å². The van der Waals surface area contributed by atoms with Crippen LogP contribution in [0.5, 0.6) is 11.5 Å². The smallest absolute Gasteiger partial charge is 0.229 e. The van der Waals surface area contributed by atoms with Crippen molar-refractivity contribution >= 4 is 11.0 Å². The maximum Gasteiger partial charge on any atom is 0.229 e. The highest BCUT2D eigenvalue weighted by Gasteiger charge is 2.44. The van der Waals surface area contributed by atoms with Crippen LogP contribution in [0.15, 0.2) is 57.9 Å². The zero-order valence-corrected chi connectivity index (χ0v) is 15.6. The van der Waals surface area contributed by atoms with Crippen molar-refractivity contribution in [2.24, 2.45) is 0 Å². The van der Waals surface area contributed by atoms with Gasteiger partial charge in [0, 0.05) is 6.07 Å². The van der Waals surface area contributed by atoms with E-state index < -0.39 is 37.3 Å². The average molecular weight is 416 g/mol. The summed E-state index contributed by atoms with van der Waals surface area (Å²) >= 11 is 0. The van der Waals surface area contributed by atoms with E-state index in [0.717, 1.165) is 0 Å². The molecule has 0 aliphatic carbocycles. The number of hydrogen-bond acceptors (Lipinski definition) is 9. The lowest BCUT2D eigenvalue weighted by Gasteiger charge is -2.39. The lowest BCUT2D eigenvalue weighted by molar-refractivity contribution is -0.277. The zero-order chi connectivity index (χ0) is 21.4. The van der Waals surface area contributed by atoms with Gasteiger partial charge in [-0.2, -0.15) is 0 Å². The summed E-state index contributed by atoms with van der Waals surface area (Å²) in [6, 6.07) is 10.5. The van der Waals surface area contributed by atoms with Gasteiger partial charge >= 0.3 is 0 Å². The monoisotopic (exact) mass is 416 g/mol. The van der Waals surface area contributed by atoms with Crippen LogP contribution in [-0.4, -0.2) is 62.8 Å². The van der Waals surface area contributed by atoms with E-state index in [0.29, 0.717) is 16.5 Å². The van der Waals surface area contributed by atoms with Gasteiger partial charge in [-0.15, -0.1) is 0 Å². The predicted octanol–water partition coefficient (Wildman–Crippen LogP) is 0.344. The average Bonchev–Trinajstić information content (AvgIpc) is 2.75. The van der Waals surface area contributed by atoms with Gasteiger partial charge in [0.05, 0.1) is 17.6 Å². The fraction of sp³-hybridized carbons (Fsp3) is 0.286. The Morgan fingerprint density at radius 3 is 2.40 bits per heavy atom. The van der Waals surface area contributed by atoms with E-state index in [4.69, 9.17) is 13.9 Å². The molecule has 9 nitrogen and oxygen atoms in total. The Morgan fingerprint density at radius 2 is 1.70 bits per heavy atom. The molecular formula is C21H20O9. The van der Waals surface area contributed by atoms with Gasteiger partial charge in [-0.3, -0.25) is 4.79 Å². The molecule has 5 unspecified atom stereocenters. The van der Waals surface area contributed by atoms with E-state index >= 15 is 0 Å². The summed E-state index contributed by atoms with van der Waals surface area (Å²) in [5.74, 6) is 0.270. The minimum Gasteiger partial charge on any atom is -0.508 e. The SMILES string of the molecule is O=c1c(-c2ccc(OC3OC(CO)C(O)C(O)C3O)cc2)coc2cc(O)ccc12. The van der Waals surface area contributed by atoms with Gasteiger partial charge < -0.3 is 39.4 Å². The molecule has 5 N–H and O–H groups in total. The second kappa shape index (κ2) is 8.05. The first-order chi connectivity index (χ1) is 14.4. The van der Waals surface area contributed by atoms with Crippen molar-refractivity contribution in [1.29, 1.82) is 0 Å². The molecule has 3 aromatic rings. The molecule has 4 rings (SSSR count). The Bertz CT molecular complexity index is 1090. The van der Waals surface area contributed by atoms with Crippen molar-refractivity contribution in [3.8, 4) is 22.6 Å². The highest BCUT2D eigenvalue weighted by Crippen LogP contribution is 2.27. The van der Waals surface area contributed by atoms with Crippen LogP contribution in [-0.2, 0) is 4.74 Å². The Labute approximate surface area is 170 Å². The van der Waals surface area contributed by atoms with Crippen LogP contribution in [0.3, 0.4) is 0 Å². The normalized spacial score (nSPS) is 26.6. The first-order valence-electron chi connectivity index (χ1n) is 9.21. The van der Waals surface area contributed by atoms with E-state index in [1.807, 2.05) is 0 Å². The summed E-state index contributed by atoms with van der Waals surface area (Å²) in [7, 11) is 0. The zero-order valence-electron chi connectivity index (χ0n) is 15.6. The second-order valence-electron chi connectivity index (χ2n) is 7.00. The quantitative estimate of drug-likeness (QED) is 0.406. The molecule has 1 aromatic heterocycles. The van der Waals surface area contributed by atoms with Crippen LogP contribution in [0.2, 0.25) is 0 Å². The van der Waals surface area contributed by atoms with Crippen molar-refractivity contribution in [2.45, 2.75) is 30.7 Å². The number of aromatic hydroxyl groups is 1. The molecule has 0 amide bonds. The number of aliphatic hydroxyl groups excluding tert-OH is 4. The third kappa shape index (κ3) is 3.64. The highest BCUT2D eigenvalue weighted by molar-refractivity contribution is 5.82. The molecule has 1 fully saturated rings. The standard InChI is InChI=1S/C21H20O9/c22-8-16-18(25)19(26)20(27)21(30-16)29-12-4-1-10(2-5-12)14-9-28-15-7-11(23)3-6-13(15)17(14)24/h1-7,9,16,18-23,25-27H,8H2. The van der Waals surface area contributed by atoms with Crippen LogP contribution in [0.1, 0.15) is 0 Å².